The summed E-state index contributed by atoms with van der Waals surface area (Å²) in [6, 6.07) is 2.92. The Morgan fingerprint density at radius 1 is 1.14 bits per heavy atom. The van der Waals surface area contributed by atoms with Gasteiger partial charge in [-0.3, -0.25) is 4.68 Å². The summed E-state index contributed by atoms with van der Waals surface area (Å²) >= 11 is 0. The zero-order valence-corrected chi connectivity index (χ0v) is 21.7. The van der Waals surface area contributed by atoms with E-state index in [1.54, 1.807) is 0 Å². The number of pyridine rings is 1. The molecule has 0 spiro atoms. The zero-order valence-electron chi connectivity index (χ0n) is 21.7. The monoisotopic (exact) mass is 475 g/mol. The molecule has 0 aromatic carbocycles. The highest BCUT2D eigenvalue weighted by atomic mass is 15.3. The Hall–Kier alpha value is -2.41. The Bertz CT molecular complexity index is 1100. The third-order valence-electron chi connectivity index (χ3n) is 9.72. The van der Waals surface area contributed by atoms with Gasteiger partial charge >= 0.3 is 0 Å². The number of nitrogens with zero attached hydrogens (tertiary/aromatic N) is 4. The second-order valence-electron chi connectivity index (χ2n) is 11.8. The van der Waals surface area contributed by atoms with Gasteiger partial charge < -0.3 is 20.9 Å². The van der Waals surface area contributed by atoms with Gasteiger partial charge in [0.1, 0.15) is 5.82 Å². The predicted octanol–water partition coefficient (Wildman–Crippen LogP) is 4.73. The van der Waals surface area contributed by atoms with Crippen LogP contribution in [0.5, 0.6) is 0 Å². The summed E-state index contributed by atoms with van der Waals surface area (Å²) in [6.07, 6.45) is 14.7. The minimum absolute atomic E-state index is 0.434. The quantitative estimate of drug-likeness (QED) is 0.504. The molecule has 3 N–H and O–H groups in total. The zero-order chi connectivity index (χ0) is 24.2. The molecule has 7 heteroatoms. The highest BCUT2D eigenvalue weighted by molar-refractivity contribution is 5.92. The van der Waals surface area contributed by atoms with E-state index >= 15 is 0 Å². The molecule has 4 aliphatic carbocycles. The molecule has 4 saturated carbocycles. The number of rotatable bonds is 7. The normalized spacial score (nSPS) is 28.0. The lowest BCUT2D eigenvalue weighted by atomic mass is 9.57. The van der Waals surface area contributed by atoms with Crippen molar-refractivity contribution < 1.29 is 0 Å². The molecule has 188 valence electrons. The molecule has 2 aromatic heterocycles. The largest absolute Gasteiger partial charge is 0.373 e. The van der Waals surface area contributed by atoms with E-state index in [0.717, 1.165) is 54.9 Å². The number of nitrogens with one attached hydrogen (secondary N) is 3. The lowest BCUT2D eigenvalue weighted by molar-refractivity contribution is -0.00329. The molecule has 0 amide bonds. The van der Waals surface area contributed by atoms with Crippen molar-refractivity contribution >= 4 is 17.7 Å². The first-order chi connectivity index (χ1) is 16.9. The standard InChI is InChI=1S/C28H41N7/c1-19-15-25(22(16-29)26(30-3)31-19)34-14-7-24-23(17-34)20(2)33-35(24)18-27-8-11-28(12-9-27,13-10-27)32-21-5-4-6-21/h15-16,21,29,32H,4-14,17-18H2,1-3H3,(H,30,31). The second kappa shape index (κ2) is 8.61. The van der Waals surface area contributed by atoms with Crippen LogP contribution in [0.15, 0.2) is 6.07 Å². The molecular formula is C28H41N7. The van der Waals surface area contributed by atoms with E-state index in [2.05, 4.69) is 38.2 Å². The van der Waals surface area contributed by atoms with E-state index in [4.69, 9.17) is 10.5 Å². The Balaban J connectivity index is 1.20. The number of hydrogen-bond acceptors (Lipinski definition) is 6. The van der Waals surface area contributed by atoms with Crippen LogP contribution in [0.4, 0.5) is 11.5 Å². The topological polar surface area (TPSA) is 81.9 Å². The summed E-state index contributed by atoms with van der Waals surface area (Å²) in [5, 5.41) is 20.4. The van der Waals surface area contributed by atoms with Crippen molar-refractivity contribution in [1.29, 1.82) is 5.41 Å². The van der Waals surface area contributed by atoms with E-state index in [1.807, 2.05) is 14.0 Å². The van der Waals surface area contributed by atoms with Crippen molar-refractivity contribution in [2.24, 2.45) is 5.41 Å². The SMILES string of the molecule is CNc1nc(C)cc(N2CCc3c(c(C)nn3CC34CCC(NC5CCC5)(CC3)CC4)C2)c1C=N. The van der Waals surface area contributed by atoms with Crippen LogP contribution in [0.3, 0.4) is 0 Å². The fourth-order valence-corrected chi connectivity index (χ4v) is 7.28. The Morgan fingerprint density at radius 2 is 1.89 bits per heavy atom. The van der Waals surface area contributed by atoms with Gasteiger partial charge in [-0.15, -0.1) is 0 Å². The summed E-state index contributed by atoms with van der Waals surface area (Å²) in [7, 11) is 1.88. The van der Waals surface area contributed by atoms with Gasteiger partial charge in [-0.25, -0.2) is 4.98 Å². The Morgan fingerprint density at radius 3 is 2.51 bits per heavy atom. The summed E-state index contributed by atoms with van der Waals surface area (Å²) in [5.74, 6) is 0.782. The van der Waals surface area contributed by atoms with Gasteiger partial charge in [-0.1, -0.05) is 6.42 Å². The van der Waals surface area contributed by atoms with E-state index in [0.29, 0.717) is 11.0 Å². The van der Waals surface area contributed by atoms with E-state index in [9.17, 15) is 0 Å². The van der Waals surface area contributed by atoms with Gasteiger partial charge in [0, 0.05) is 67.8 Å². The third-order valence-corrected chi connectivity index (χ3v) is 9.72. The molecule has 3 heterocycles. The van der Waals surface area contributed by atoms with Crippen molar-refractivity contribution in [2.75, 3.05) is 23.8 Å². The lowest BCUT2D eigenvalue weighted by Gasteiger charge is -2.55. The van der Waals surface area contributed by atoms with Crippen LogP contribution in [-0.2, 0) is 19.5 Å². The maximum Gasteiger partial charge on any atom is 0.136 e. The van der Waals surface area contributed by atoms with Crippen LogP contribution in [0, 0.1) is 24.7 Å². The first-order valence-electron chi connectivity index (χ1n) is 13.7. The first kappa shape index (κ1) is 23.0. The minimum Gasteiger partial charge on any atom is -0.373 e. The maximum absolute atomic E-state index is 8.01. The average Bonchev–Trinajstić information content (AvgIpc) is 3.16. The second-order valence-corrected chi connectivity index (χ2v) is 11.8. The van der Waals surface area contributed by atoms with Crippen molar-refractivity contribution in [2.45, 2.75) is 103 Å². The van der Waals surface area contributed by atoms with Crippen molar-refractivity contribution in [1.82, 2.24) is 20.1 Å². The molecular weight excluding hydrogens is 434 g/mol. The molecule has 7 rings (SSSR count). The minimum atomic E-state index is 0.434. The molecule has 35 heavy (non-hydrogen) atoms. The lowest BCUT2D eigenvalue weighted by Crippen LogP contribution is -2.59. The summed E-state index contributed by atoms with van der Waals surface area (Å²) in [6.45, 7) is 7.11. The molecule has 2 bridgehead atoms. The molecule has 5 aliphatic rings. The molecule has 1 aliphatic heterocycles. The third kappa shape index (κ3) is 3.96. The van der Waals surface area contributed by atoms with Crippen molar-refractivity contribution in [3.8, 4) is 0 Å². The molecule has 2 aromatic rings. The first-order valence-corrected chi connectivity index (χ1v) is 13.7. The summed E-state index contributed by atoms with van der Waals surface area (Å²) < 4.78 is 2.40. The average molecular weight is 476 g/mol. The molecule has 4 fully saturated rings. The maximum atomic E-state index is 8.01. The van der Waals surface area contributed by atoms with Crippen LogP contribution in [0.25, 0.3) is 0 Å². The highest BCUT2D eigenvalue weighted by Crippen LogP contribution is 2.54. The van der Waals surface area contributed by atoms with Gasteiger partial charge in [0.15, 0.2) is 0 Å². The van der Waals surface area contributed by atoms with E-state index < -0.39 is 0 Å². The smallest absolute Gasteiger partial charge is 0.136 e. The fraction of sp³-hybridized carbons (Fsp3) is 0.679. The van der Waals surface area contributed by atoms with Crippen molar-refractivity contribution in [3.63, 3.8) is 0 Å². The fourth-order valence-electron chi connectivity index (χ4n) is 7.28. The predicted molar refractivity (Wildman–Crippen MR) is 142 cm³/mol. The molecule has 0 saturated heterocycles. The van der Waals surface area contributed by atoms with Crippen LogP contribution in [0.2, 0.25) is 0 Å². The van der Waals surface area contributed by atoms with Gasteiger partial charge in [0.2, 0.25) is 0 Å². The molecule has 0 unspecified atom stereocenters. The number of fused-ring (bicyclic) bond motifs is 4. The summed E-state index contributed by atoms with van der Waals surface area (Å²) in [5.41, 5.74) is 7.82. The van der Waals surface area contributed by atoms with Gasteiger partial charge in [-0.2, -0.15) is 5.10 Å². The van der Waals surface area contributed by atoms with Gasteiger partial charge in [-0.05, 0) is 76.7 Å². The molecule has 0 radical (unpaired) electrons. The van der Waals surface area contributed by atoms with Crippen LogP contribution >= 0.6 is 0 Å². The number of aromatic nitrogens is 3. The van der Waals surface area contributed by atoms with Crippen molar-refractivity contribution in [3.05, 3.63) is 34.3 Å². The van der Waals surface area contributed by atoms with Crippen LogP contribution in [-0.4, -0.2) is 46.2 Å². The summed E-state index contributed by atoms with van der Waals surface area (Å²) in [4.78, 5) is 7.00. The number of aryl methyl sites for hydroxylation is 2. The highest BCUT2D eigenvalue weighted by Gasteiger charge is 2.50. The Kier molecular flexibility index (Phi) is 5.66. The van der Waals surface area contributed by atoms with E-state index in [1.165, 1.54) is 81.0 Å². The van der Waals surface area contributed by atoms with Crippen LogP contribution in [0.1, 0.15) is 86.0 Å². The molecule has 0 atom stereocenters. The van der Waals surface area contributed by atoms with E-state index in [-0.39, 0.29) is 0 Å². The number of hydrogen-bond donors (Lipinski definition) is 3. The van der Waals surface area contributed by atoms with Gasteiger partial charge in [0.25, 0.3) is 0 Å². The van der Waals surface area contributed by atoms with Gasteiger partial charge in [0.05, 0.1) is 16.9 Å². The Labute approximate surface area is 209 Å². The molecule has 7 nitrogen and oxygen atoms in total. The van der Waals surface area contributed by atoms with Crippen LogP contribution < -0.4 is 15.5 Å². The number of anilines is 2.